The second-order valence-electron chi connectivity index (χ2n) is 6.85. The molecular weight excluding hydrogens is 392 g/mol. The van der Waals surface area contributed by atoms with E-state index in [9.17, 15) is 4.79 Å². The van der Waals surface area contributed by atoms with Gasteiger partial charge < -0.3 is 5.32 Å². The van der Waals surface area contributed by atoms with Crippen LogP contribution < -0.4 is 5.32 Å². The maximum absolute atomic E-state index is 12.3. The molecule has 0 spiro atoms. The third-order valence-electron chi connectivity index (χ3n) is 4.54. The lowest BCUT2D eigenvalue weighted by Crippen LogP contribution is -2.19. The van der Waals surface area contributed by atoms with E-state index in [0.717, 1.165) is 33.8 Å². The molecule has 1 aliphatic rings. The van der Waals surface area contributed by atoms with Crippen LogP contribution in [0.3, 0.4) is 0 Å². The van der Waals surface area contributed by atoms with Crippen molar-refractivity contribution in [2.45, 2.75) is 13.8 Å². The van der Waals surface area contributed by atoms with Gasteiger partial charge in [0, 0.05) is 0 Å². The van der Waals surface area contributed by atoms with Crippen molar-refractivity contribution < 1.29 is 4.79 Å². The van der Waals surface area contributed by atoms with E-state index < -0.39 is 0 Å². The number of carbonyl (C=O) groups excluding carboxylic acids is 1. The number of azo groups is 1. The molecule has 0 bridgehead atoms. The highest BCUT2D eigenvalue weighted by Gasteiger charge is 2.23. The summed E-state index contributed by atoms with van der Waals surface area (Å²) in [4.78, 5) is 17.5. The summed E-state index contributed by atoms with van der Waals surface area (Å²) >= 11 is 1.34. The minimum Gasteiger partial charge on any atom is -0.300 e. The van der Waals surface area contributed by atoms with Gasteiger partial charge in [0.2, 0.25) is 0 Å². The standard InChI is InChI=1S/C24H20N4OS/c1-16-8-6-7-11-21(16)28-27-19-12-13-20(17(2)14-19)25-24-26-23(29)22(30-24)15-18-9-4-3-5-10-18/h3-15H,1-2H3,(H,25,26,29)/b22-15-,28-27?. The lowest BCUT2D eigenvalue weighted by atomic mass is 10.2. The molecule has 30 heavy (non-hydrogen) atoms. The van der Waals surface area contributed by atoms with Crippen molar-refractivity contribution in [1.82, 2.24) is 5.32 Å². The molecule has 0 saturated carbocycles. The third-order valence-corrected chi connectivity index (χ3v) is 5.45. The molecule has 0 atom stereocenters. The van der Waals surface area contributed by atoms with Crippen molar-refractivity contribution in [2.75, 3.05) is 0 Å². The first-order chi connectivity index (χ1) is 14.6. The summed E-state index contributed by atoms with van der Waals surface area (Å²) in [5.41, 5.74) is 5.41. The molecule has 1 fully saturated rings. The fourth-order valence-electron chi connectivity index (χ4n) is 2.91. The molecule has 1 heterocycles. The monoisotopic (exact) mass is 412 g/mol. The Bertz CT molecular complexity index is 1180. The van der Waals surface area contributed by atoms with Gasteiger partial charge in [-0.3, -0.25) is 4.79 Å². The second kappa shape index (κ2) is 8.88. The quantitative estimate of drug-likeness (QED) is 0.387. The van der Waals surface area contributed by atoms with Gasteiger partial charge in [0.1, 0.15) is 0 Å². The minimum absolute atomic E-state index is 0.135. The highest BCUT2D eigenvalue weighted by atomic mass is 32.2. The molecule has 1 saturated heterocycles. The summed E-state index contributed by atoms with van der Waals surface area (Å²) in [6.45, 7) is 3.97. The Labute approximate surface area is 179 Å². The number of nitrogens with zero attached hydrogens (tertiary/aromatic N) is 3. The van der Waals surface area contributed by atoms with Crippen molar-refractivity contribution in [3.8, 4) is 0 Å². The maximum atomic E-state index is 12.3. The van der Waals surface area contributed by atoms with Crippen LogP contribution in [0, 0.1) is 13.8 Å². The van der Waals surface area contributed by atoms with Gasteiger partial charge in [-0.2, -0.15) is 10.2 Å². The van der Waals surface area contributed by atoms with E-state index in [1.165, 1.54) is 11.8 Å². The Morgan fingerprint density at radius 3 is 2.37 bits per heavy atom. The average Bonchev–Trinajstić information content (AvgIpc) is 3.09. The molecule has 148 valence electrons. The first-order valence-electron chi connectivity index (χ1n) is 9.51. The molecule has 3 aromatic carbocycles. The van der Waals surface area contributed by atoms with Gasteiger partial charge >= 0.3 is 0 Å². The maximum Gasteiger partial charge on any atom is 0.264 e. The van der Waals surface area contributed by atoms with Crippen LogP contribution in [0.25, 0.3) is 6.08 Å². The lowest BCUT2D eigenvalue weighted by molar-refractivity contribution is -0.115. The number of rotatable bonds is 4. The van der Waals surface area contributed by atoms with Crippen LogP contribution in [0.1, 0.15) is 16.7 Å². The van der Waals surface area contributed by atoms with E-state index in [1.54, 1.807) is 0 Å². The average molecular weight is 413 g/mol. The van der Waals surface area contributed by atoms with E-state index in [2.05, 4.69) is 20.5 Å². The third kappa shape index (κ3) is 4.72. The van der Waals surface area contributed by atoms with E-state index >= 15 is 0 Å². The van der Waals surface area contributed by atoms with Gasteiger partial charge in [0.05, 0.1) is 22.0 Å². The van der Waals surface area contributed by atoms with Crippen molar-refractivity contribution >= 4 is 46.0 Å². The highest BCUT2D eigenvalue weighted by molar-refractivity contribution is 8.18. The minimum atomic E-state index is -0.135. The second-order valence-corrected chi connectivity index (χ2v) is 7.88. The lowest BCUT2D eigenvalue weighted by Gasteiger charge is -2.03. The normalized spacial score (nSPS) is 16.5. The number of aliphatic imine (C=N–C) groups is 1. The van der Waals surface area contributed by atoms with Crippen LogP contribution in [-0.2, 0) is 4.79 Å². The number of aryl methyl sites for hydroxylation is 2. The number of carbonyl (C=O) groups is 1. The smallest absolute Gasteiger partial charge is 0.264 e. The van der Waals surface area contributed by atoms with Crippen LogP contribution in [0.2, 0.25) is 0 Å². The summed E-state index contributed by atoms with van der Waals surface area (Å²) in [5, 5.41) is 12.1. The molecule has 1 N–H and O–H groups in total. The fraction of sp³-hybridized carbons (Fsp3) is 0.0833. The molecule has 5 nitrogen and oxygen atoms in total. The molecular formula is C24H20N4OS. The Kier molecular flexibility index (Phi) is 5.86. The Hall–Kier alpha value is -3.51. The summed E-state index contributed by atoms with van der Waals surface area (Å²) in [6.07, 6.45) is 1.87. The Morgan fingerprint density at radius 2 is 1.60 bits per heavy atom. The fourth-order valence-corrected chi connectivity index (χ4v) is 3.74. The van der Waals surface area contributed by atoms with Gasteiger partial charge in [-0.25, -0.2) is 4.99 Å². The van der Waals surface area contributed by atoms with Gasteiger partial charge in [-0.15, -0.1) is 0 Å². The van der Waals surface area contributed by atoms with Gasteiger partial charge in [0.25, 0.3) is 5.91 Å². The molecule has 6 heteroatoms. The van der Waals surface area contributed by atoms with Crippen LogP contribution in [0.4, 0.5) is 17.1 Å². The molecule has 0 aliphatic carbocycles. The number of thioether (sulfide) groups is 1. The molecule has 3 aromatic rings. The first-order valence-corrected chi connectivity index (χ1v) is 10.3. The zero-order valence-corrected chi connectivity index (χ0v) is 17.5. The van der Waals surface area contributed by atoms with Crippen molar-refractivity contribution in [2.24, 2.45) is 15.2 Å². The number of amides is 1. The van der Waals surface area contributed by atoms with Crippen molar-refractivity contribution in [3.63, 3.8) is 0 Å². The molecule has 4 rings (SSSR count). The van der Waals surface area contributed by atoms with E-state index in [-0.39, 0.29) is 5.91 Å². The number of nitrogens with one attached hydrogen (secondary N) is 1. The molecule has 1 aliphatic heterocycles. The van der Waals surface area contributed by atoms with Crippen LogP contribution in [-0.4, -0.2) is 11.1 Å². The molecule has 0 unspecified atom stereocenters. The van der Waals surface area contributed by atoms with Crippen molar-refractivity contribution in [3.05, 3.63) is 94.4 Å². The van der Waals surface area contributed by atoms with Crippen molar-refractivity contribution in [1.29, 1.82) is 0 Å². The number of amidine groups is 1. The van der Waals surface area contributed by atoms with E-state index in [4.69, 9.17) is 0 Å². The number of benzene rings is 3. The summed E-state index contributed by atoms with van der Waals surface area (Å²) in [7, 11) is 0. The number of hydrogen-bond donors (Lipinski definition) is 1. The number of hydrogen-bond acceptors (Lipinski definition) is 5. The van der Waals surface area contributed by atoms with Gasteiger partial charge in [0.15, 0.2) is 5.17 Å². The topological polar surface area (TPSA) is 66.2 Å². The predicted molar refractivity (Wildman–Crippen MR) is 124 cm³/mol. The van der Waals surface area contributed by atoms with Gasteiger partial charge in [-0.05, 0) is 72.6 Å². The zero-order chi connectivity index (χ0) is 20.9. The van der Waals surface area contributed by atoms with Crippen LogP contribution in [0.15, 0.2) is 92.9 Å². The first kappa shape index (κ1) is 19.8. The Balaban J connectivity index is 1.51. The summed E-state index contributed by atoms with van der Waals surface area (Å²) in [6, 6.07) is 23.3. The molecule has 0 radical (unpaired) electrons. The zero-order valence-electron chi connectivity index (χ0n) is 16.7. The summed E-state index contributed by atoms with van der Waals surface area (Å²) < 4.78 is 0. The van der Waals surface area contributed by atoms with Crippen LogP contribution >= 0.6 is 11.8 Å². The Morgan fingerprint density at radius 1 is 0.833 bits per heavy atom. The van der Waals surface area contributed by atoms with Gasteiger partial charge in [-0.1, -0.05) is 48.5 Å². The van der Waals surface area contributed by atoms with E-state index in [0.29, 0.717) is 10.1 Å². The SMILES string of the molecule is Cc1ccccc1N=Nc1ccc(N=C2NC(=O)/C(=C/c3ccccc3)S2)c(C)c1. The largest absolute Gasteiger partial charge is 0.300 e. The predicted octanol–water partition coefficient (Wildman–Crippen LogP) is 6.61. The highest BCUT2D eigenvalue weighted by Crippen LogP contribution is 2.31. The molecule has 0 aromatic heterocycles. The van der Waals surface area contributed by atoms with E-state index in [1.807, 2.05) is 92.7 Å². The summed E-state index contributed by atoms with van der Waals surface area (Å²) in [5.74, 6) is -0.135. The molecule has 1 amide bonds. The van der Waals surface area contributed by atoms with Crippen LogP contribution in [0.5, 0.6) is 0 Å².